The number of benzene rings is 1. The lowest BCUT2D eigenvalue weighted by molar-refractivity contribution is 0.0689. The van der Waals surface area contributed by atoms with Gasteiger partial charge in [0.05, 0.1) is 10.5 Å². The predicted molar refractivity (Wildman–Crippen MR) is 98.9 cm³/mol. The second-order valence-electron chi connectivity index (χ2n) is 5.65. The zero-order chi connectivity index (χ0) is 20.0. The number of hydrogen-bond acceptors (Lipinski definition) is 5. The Morgan fingerprint density at radius 3 is 2.19 bits per heavy atom. The highest BCUT2D eigenvalue weighted by atomic mass is 32.2. The van der Waals surface area contributed by atoms with Crippen LogP contribution in [0.15, 0.2) is 47.5 Å². The van der Waals surface area contributed by atoms with Crippen LogP contribution in [-0.4, -0.2) is 47.8 Å². The molecule has 0 aliphatic heterocycles. The Kier molecular flexibility index (Phi) is 6.65. The molecule has 2 N–H and O–H groups in total. The van der Waals surface area contributed by atoms with E-state index in [4.69, 9.17) is 5.11 Å². The molecule has 1 aromatic heterocycles. The molecule has 1 aromatic carbocycles. The molecule has 0 radical (unpaired) electrons. The highest BCUT2D eigenvalue weighted by molar-refractivity contribution is 7.89. The zero-order valence-corrected chi connectivity index (χ0v) is 15.9. The van der Waals surface area contributed by atoms with Crippen LogP contribution in [0.5, 0.6) is 0 Å². The summed E-state index contributed by atoms with van der Waals surface area (Å²) in [5, 5.41) is 11.5. The van der Waals surface area contributed by atoms with E-state index in [0.29, 0.717) is 13.1 Å². The van der Waals surface area contributed by atoms with Gasteiger partial charge < -0.3 is 10.4 Å². The quantitative estimate of drug-likeness (QED) is 0.708. The van der Waals surface area contributed by atoms with Crippen LogP contribution in [0.4, 0.5) is 0 Å². The number of nitrogens with zero attached hydrogens (tertiary/aromatic N) is 2. The van der Waals surface area contributed by atoms with Gasteiger partial charge in [-0.05, 0) is 29.8 Å². The monoisotopic (exact) mass is 391 g/mol. The van der Waals surface area contributed by atoms with Crippen molar-refractivity contribution in [2.45, 2.75) is 25.3 Å². The van der Waals surface area contributed by atoms with Gasteiger partial charge in [-0.1, -0.05) is 26.0 Å². The number of carboxylic acid groups (broad SMARTS) is 1. The molecule has 0 aliphatic rings. The van der Waals surface area contributed by atoms with E-state index in [1.165, 1.54) is 34.8 Å². The van der Waals surface area contributed by atoms with Crippen molar-refractivity contribution in [3.8, 4) is 0 Å². The second-order valence-corrected chi connectivity index (χ2v) is 7.59. The lowest BCUT2D eigenvalue weighted by atomic mass is 10.2. The third kappa shape index (κ3) is 4.89. The van der Waals surface area contributed by atoms with Crippen molar-refractivity contribution >= 4 is 21.9 Å². The van der Waals surface area contributed by atoms with E-state index in [-0.39, 0.29) is 22.7 Å². The highest BCUT2D eigenvalue weighted by Gasteiger charge is 2.21. The number of carbonyl (C=O) groups is 2. The number of aromatic carboxylic acids is 1. The Morgan fingerprint density at radius 1 is 1.07 bits per heavy atom. The number of sulfonamides is 1. The van der Waals surface area contributed by atoms with Crippen LogP contribution in [0, 0.1) is 0 Å². The van der Waals surface area contributed by atoms with Gasteiger partial charge in [0.25, 0.3) is 5.91 Å². The molecule has 0 aliphatic carbocycles. The van der Waals surface area contributed by atoms with Crippen molar-refractivity contribution in [3.63, 3.8) is 0 Å². The average Bonchev–Trinajstić information content (AvgIpc) is 2.67. The Morgan fingerprint density at radius 2 is 1.70 bits per heavy atom. The first-order valence-electron chi connectivity index (χ1n) is 8.36. The lowest BCUT2D eigenvalue weighted by Gasteiger charge is -2.18. The molecule has 9 heteroatoms. The number of carboxylic acids is 1. The summed E-state index contributed by atoms with van der Waals surface area (Å²) in [6.45, 7) is 4.55. The van der Waals surface area contributed by atoms with Gasteiger partial charge in [-0.15, -0.1) is 0 Å². The van der Waals surface area contributed by atoms with Crippen LogP contribution in [-0.2, 0) is 16.6 Å². The van der Waals surface area contributed by atoms with Crippen LogP contribution in [0.3, 0.4) is 0 Å². The number of hydrogen-bond donors (Lipinski definition) is 2. The summed E-state index contributed by atoms with van der Waals surface area (Å²) in [5.74, 6) is -1.57. The minimum Gasteiger partial charge on any atom is -0.477 e. The fraction of sp³-hybridized carbons (Fsp3) is 0.278. The summed E-state index contributed by atoms with van der Waals surface area (Å²) >= 11 is 0. The molecule has 2 aromatic rings. The number of rotatable bonds is 8. The molecule has 0 fully saturated rings. The van der Waals surface area contributed by atoms with Crippen LogP contribution in [0.1, 0.15) is 40.3 Å². The predicted octanol–water partition coefficient (Wildman–Crippen LogP) is 1.74. The van der Waals surface area contributed by atoms with Crippen LogP contribution in [0.25, 0.3) is 0 Å². The molecular weight excluding hydrogens is 370 g/mol. The minimum absolute atomic E-state index is 0.142. The molecule has 0 saturated heterocycles. The Labute approximate surface area is 157 Å². The molecule has 1 heterocycles. The number of pyridine rings is 1. The van der Waals surface area contributed by atoms with Gasteiger partial charge >= 0.3 is 5.97 Å². The smallest absolute Gasteiger partial charge is 0.354 e. The van der Waals surface area contributed by atoms with Crippen LogP contribution in [0.2, 0.25) is 0 Å². The van der Waals surface area contributed by atoms with Gasteiger partial charge in [0.15, 0.2) is 0 Å². The first-order valence-corrected chi connectivity index (χ1v) is 9.80. The van der Waals surface area contributed by atoms with Crippen molar-refractivity contribution in [2.75, 3.05) is 13.1 Å². The topological polar surface area (TPSA) is 117 Å². The van der Waals surface area contributed by atoms with Gasteiger partial charge in [0, 0.05) is 25.8 Å². The van der Waals surface area contributed by atoms with Crippen molar-refractivity contribution in [1.82, 2.24) is 14.6 Å². The molecule has 8 nitrogen and oxygen atoms in total. The van der Waals surface area contributed by atoms with Gasteiger partial charge in [-0.3, -0.25) is 4.79 Å². The highest BCUT2D eigenvalue weighted by Crippen LogP contribution is 2.16. The lowest BCUT2D eigenvalue weighted by Crippen LogP contribution is -2.30. The summed E-state index contributed by atoms with van der Waals surface area (Å²) < 4.78 is 26.3. The van der Waals surface area contributed by atoms with Crippen LogP contribution >= 0.6 is 0 Å². The Hall–Kier alpha value is -2.78. The number of nitrogens with one attached hydrogen (secondary N) is 1. The van der Waals surface area contributed by atoms with Crippen molar-refractivity contribution < 1.29 is 23.1 Å². The van der Waals surface area contributed by atoms with E-state index in [0.717, 1.165) is 5.56 Å². The summed E-state index contributed by atoms with van der Waals surface area (Å²) in [4.78, 5) is 26.8. The van der Waals surface area contributed by atoms with E-state index in [2.05, 4.69) is 10.3 Å². The maximum Gasteiger partial charge on any atom is 0.354 e. The van der Waals surface area contributed by atoms with Gasteiger partial charge in [0.1, 0.15) is 5.69 Å². The average molecular weight is 391 g/mol. The molecule has 0 atom stereocenters. The molecule has 1 amide bonds. The minimum atomic E-state index is -3.51. The molecule has 27 heavy (non-hydrogen) atoms. The Balaban J connectivity index is 2.02. The molecule has 144 valence electrons. The molecule has 0 bridgehead atoms. The first kappa shape index (κ1) is 20.5. The molecule has 0 saturated carbocycles. The summed E-state index contributed by atoms with van der Waals surface area (Å²) in [6, 6.07) is 8.94. The summed E-state index contributed by atoms with van der Waals surface area (Å²) in [7, 11) is -3.51. The third-order valence-corrected chi connectivity index (χ3v) is 6.03. The van der Waals surface area contributed by atoms with E-state index in [1.54, 1.807) is 26.0 Å². The van der Waals surface area contributed by atoms with E-state index in [9.17, 15) is 18.0 Å². The van der Waals surface area contributed by atoms with E-state index < -0.39 is 21.9 Å². The van der Waals surface area contributed by atoms with Crippen LogP contribution < -0.4 is 5.32 Å². The Bertz CT molecular complexity index is 905. The van der Waals surface area contributed by atoms with Gasteiger partial charge in [-0.25, -0.2) is 18.2 Å². The molecule has 0 unspecified atom stereocenters. The molecule has 0 spiro atoms. The third-order valence-electron chi connectivity index (χ3n) is 3.96. The van der Waals surface area contributed by atoms with Crippen molar-refractivity contribution in [3.05, 3.63) is 59.4 Å². The molecular formula is C18H21N3O5S. The van der Waals surface area contributed by atoms with Crippen molar-refractivity contribution in [1.29, 1.82) is 0 Å². The maximum absolute atomic E-state index is 12.4. The van der Waals surface area contributed by atoms with E-state index in [1.807, 2.05) is 0 Å². The maximum atomic E-state index is 12.4. The zero-order valence-electron chi connectivity index (χ0n) is 15.0. The molecule has 2 rings (SSSR count). The van der Waals surface area contributed by atoms with Gasteiger partial charge in [0.2, 0.25) is 10.0 Å². The standard InChI is InChI=1S/C18H21N3O5S/c1-3-21(4-2)27(25,26)15-8-5-13(6-9-15)11-20-17(22)14-7-10-16(18(23)24)19-12-14/h5-10,12H,3-4,11H2,1-2H3,(H,20,22)(H,23,24). The van der Waals surface area contributed by atoms with Crippen molar-refractivity contribution in [2.24, 2.45) is 0 Å². The van der Waals surface area contributed by atoms with E-state index >= 15 is 0 Å². The van der Waals surface area contributed by atoms with Gasteiger partial charge in [-0.2, -0.15) is 4.31 Å². The largest absolute Gasteiger partial charge is 0.477 e. The number of carbonyl (C=O) groups excluding carboxylic acids is 1. The normalized spacial score (nSPS) is 11.4. The summed E-state index contributed by atoms with van der Waals surface area (Å²) in [6.07, 6.45) is 1.19. The first-order chi connectivity index (χ1) is 12.8. The SMILES string of the molecule is CCN(CC)S(=O)(=O)c1ccc(CNC(=O)c2ccc(C(=O)O)nc2)cc1. The second kappa shape index (κ2) is 8.74. The number of amides is 1. The summed E-state index contributed by atoms with van der Waals surface area (Å²) in [5.41, 5.74) is 0.828. The fourth-order valence-corrected chi connectivity index (χ4v) is 3.89. The number of aromatic nitrogens is 1. The fourth-order valence-electron chi connectivity index (χ4n) is 2.43.